The monoisotopic (exact) mass is 282 g/mol. The van der Waals surface area contributed by atoms with E-state index in [1.807, 2.05) is 0 Å². The third-order valence-electron chi connectivity index (χ3n) is 3.44. The summed E-state index contributed by atoms with van der Waals surface area (Å²) in [5.41, 5.74) is 6.57. The Bertz CT molecular complexity index is 646. The Balaban J connectivity index is 2.11. The van der Waals surface area contributed by atoms with Crippen molar-refractivity contribution in [3.63, 3.8) is 0 Å². The summed E-state index contributed by atoms with van der Waals surface area (Å²) in [6.45, 7) is 0. The number of nitrogen functional groups attached to an aromatic ring is 1. The molecule has 0 saturated heterocycles. The van der Waals surface area contributed by atoms with Gasteiger partial charge in [0.15, 0.2) is 0 Å². The van der Waals surface area contributed by atoms with Crippen molar-refractivity contribution in [2.75, 3.05) is 5.73 Å². The van der Waals surface area contributed by atoms with E-state index < -0.39 is 11.7 Å². The van der Waals surface area contributed by atoms with E-state index in [1.54, 1.807) is 4.57 Å². The number of anilines is 1. The first kappa shape index (κ1) is 13.0. The van der Waals surface area contributed by atoms with Crippen LogP contribution in [0.4, 0.5) is 19.0 Å². The van der Waals surface area contributed by atoms with Gasteiger partial charge in [-0.1, -0.05) is 0 Å². The second-order valence-corrected chi connectivity index (χ2v) is 4.85. The predicted octanol–water partition coefficient (Wildman–Crippen LogP) is 2.75. The van der Waals surface area contributed by atoms with Crippen molar-refractivity contribution in [2.24, 2.45) is 0 Å². The summed E-state index contributed by atoms with van der Waals surface area (Å²) >= 11 is 0. The summed E-state index contributed by atoms with van der Waals surface area (Å²) < 4.78 is 40.1. The maximum absolute atomic E-state index is 12.8. The molecule has 2 aromatic rings. The molecule has 1 aliphatic carbocycles. The van der Waals surface area contributed by atoms with Crippen LogP contribution in [0, 0.1) is 0 Å². The van der Waals surface area contributed by atoms with Gasteiger partial charge in [0.05, 0.1) is 11.3 Å². The van der Waals surface area contributed by atoms with Crippen molar-refractivity contribution in [1.82, 2.24) is 14.5 Å². The number of aryl methyl sites for hydroxylation is 1. The number of alkyl halides is 3. The van der Waals surface area contributed by atoms with Crippen LogP contribution in [0.2, 0.25) is 0 Å². The van der Waals surface area contributed by atoms with Crippen molar-refractivity contribution in [2.45, 2.75) is 31.9 Å². The molecular weight excluding hydrogens is 269 g/mol. The Hall–Kier alpha value is -2.05. The topological polar surface area (TPSA) is 56.7 Å². The normalized spacial score (nSPS) is 15.2. The Kier molecular flexibility index (Phi) is 2.92. The van der Waals surface area contributed by atoms with Crippen LogP contribution in [0.3, 0.4) is 0 Å². The van der Waals surface area contributed by atoms with E-state index in [9.17, 15) is 13.2 Å². The smallest absolute Gasteiger partial charge is 0.384 e. The standard InChI is InChI=1S/C13H13F3N4/c14-13(15,16)8-5-11(17)19-12(6-8)20-7-18-9-3-1-2-4-10(9)20/h5-7H,1-4H2,(H2,17,19). The fourth-order valence-corrected chi connectivity index (χ4v) is 2.49. The van der Waals surface area contributed by atoms with E-state index in [4.69, 9.17) is 5.73 Å². The molecule has 2 N–H and O–H groups in total. The molecule has 0 unspecified atom stereocenters. The maximum atomic E-state index is 12.8. The zero-order valence-corrected chi connectivity index (χ0v) is 10.6. The fraction of sp³-hybridized carbons (Fsp3) is 0.385. The van der Waals surface area contributed by atoms with E-state index in [0.717, 1.165) is 49.2 Å². The summed E-state index contributed by atoms with van der Waals surface area (Å²) in [5.74, 6) is 0.0288. The molecule has 2 heterocycles. The number of nitrogens with zero attached hydrogens (tertiary/aromatic N) is 3. The zero-order chi connectivity index (χ0) is 14.3. The number of hydrogen-bond acceptors (Lipinski definition) is 3. The third kappa shape index (κ3) is 2.23. The van der Waals surface area contributed by atoms with E-state index in [-0.39, 0.29) is 11.6 Å². The molecule has 0 aliphatic heterocycles. The van der Waals surface area contributed by atoms with Gasteiger partial charge in [-0.25, -0.2) is 9.97 Å². The first-order chi connectivity index (χ1) is 9.45. The zero-order valence-electron chi connectivity index (χ0n) is 10.6. The molecule has 3 rings (SSSR count). The van der Waals surface area contributed by atoms with Gasteiger partial charge in [0.1, 0.15) is 18.0 Å². The number of halogens is 3. The van der Waals surface area contributed by atoms with Crippen molar-refractivity contribution >= 4 is 5.82 Å². The highest BCUT2D eigenvalue weighted by molar-refractivity contribution is 5.43. The summed E-state index contributed by atoms with van der Waals surface area (Å²) in [4.78, 5) is 8.25. The first-order valence-corrected chi connectivity index (χ1v) is 6.35. The number of nitrogens with two attached hydrogens (primary N) is 1. The van der Waals surface area contributed by atoms with Crippen LogP contribution in [-0.4, -0.2) is 14.5 Å². The minimum absolute atomic E-state index is 0.145. The Morgan fingerprint density at radius 2 is 1.90 bits per heavy atom. The Labute approximate surface area is 113 Å². The summed E-state index contributed by atoms with van der Waals surface area (Å²) in [6.07, 6.45) is 0.809. The van der Waals surface area contributed by atoms with E-state index >= 15 is 0 Å². The van der Waals surface area contributed by atoms with Crippen LogP contribution < -0.4 is 5.73 Å². The molecule has 0 bridgehead atoms. The summed E-state index contributed by atoms with van der Waals surface area (Å²) in [6, 6.07) is 1.85. The van der Waals surface area contributed by atoms with Gasteiger partial charge in [0, 0.05) is 5.69 Å². The lowest BCUT2D eigenvalue weighted by molar-refractivity contribution is -0.137. The molecular formula is C13H13F3N4. The van der Waals surface area contributed by atoms with E-state index in [2.05, 4.69) is 9.97 Å². The number of pyridine rings is 1. The minimum Gasteiger partial charge on any atom is -0.384 e. The largest absolute Gasteiger partial charge is 0.416 e. The van der Waals surface area contributed by atoms with Crippen LogP contribution in [0.5, 0.6) is 0 Å². The molecule has 2 aromatic heterocycles. The van der Waals surface area contributed by atoms with Crippen LogP contribution >= 0.6 is 0 Å². The molecule has 0 saturated carbocycles. The first-order valence-electron chi connectivity index (χ1n) is 6.35. The van der Waals surface area contributed by atoms with Crippen molar-refractivity contribution < 1.29 is 13.2 Å². The lowest BCUT2D eigenvalue weighted by atomic mass is 10.0. The molecule has 0 radical (unpaired) electrons. The highest BCUT2D eigenvalue weighted by atomic mass is 19.4. The molecule has 106 valence electrons. The average Bonchev–Trinajstić information content (AvgIpc) is 2.80. The van der Waals surface area contributed by atoms with Crippen LogP contribution in [0.15, 0.2) is 18.5 Å². The van der Waals surface area contributed by atoms with Crippen molar-refractivity contribution in [1.29, 1.82) is 0 Å². The molecule has 0 spiro atoms. The molecule has 4 nitrogen and oxygen atoms in total. The Morgan fingerprint density at radius 1 is 1.15 bits per heavy atom. The van der Waals surface area contributed by atoms with Gasteiger partial charge >= 0.3 is 6.18 Å². The second kappa shape index (κ2) is 4.50. The van der Waals surface area contributed by atoms with Gasteiger partial charge in [-0.05, 0) is 37.8 Å². The predicted molar refractivity (Wildman–Crippen MR) is 67.4 cm³/mol. The van der Waals surface area contributed by atoms with Gasteiger partial charge < -0.3 is 5.73 Å². The number of aromatic nitrogens is 3. The molecule has 0 fully saturated rings. The van der Waals surface area contributed by atoms with Gasteiger partial charge in [-0.2, -0.15) is 13.2 Å². The Morgan fingerprint density at radius 3 is 2.65 bits per heavy atom. The summed E-state index contributed by atoms with van der Waals surface area (Å²) in [5, 5.41) is 0. The molecule has 20 heavy (non-hydrogen) atoms. The second-order valence-electron chi connectivity index (χ2n) is 4.85. The average molecular weight is 282 g/mol. The van der Waals surface area contributed by atoms with Crippen molar-refractivity contribution in [3.8, 4) is 5.82 Å². The maximum Gasteiger partial charge on any atom is 0.416 e. The van der Waals surface area contributed by atoms with Crippen LogP contribution in [-0.2, 0) is 19.0 Å². The van der Waals surface area contributed by atoms with Gasteiger partial charge in [0.2, 0.25) is 0 Å². The fourth-order valence-electron chi connectivity index (χ4n) is 2.49. The number of imidazole rings is 1. The minimum atomic E-state index is -4.44. The van der Waals surface area contributed by atoms with Crippen LogP contribution in [0.1, 0.15) is 29.8 Å². The molecule has 7 heteroatoms. The highest BCUT2D eigenvalue weighted by Crippen LogP contribution is 2.32. The number of rotatable bonds is 1. The van der Waals surface area contributed by atoms with Gasteiger partial charge in [-0.3, -0.25) is 4.57 Å². The van der Waals surface area contributed by atoms with Gasteiger partial charge in [-0.15, -0.1) is 0 Å². The quantitative estimate of drug-likeness (QED) is 0.875. The lowest BCUT2D eigenvalue weighted by Crippen LogP contribution is -2.12. The highest BCUT2D eigenvalue weighted by Gasteiger charge is 2.32. The molecule has 0 aromatic carbocycles. The van der Waals surface area contributed by atoms with Crippen LogP contribution in [0.25, 0.3) is 5.82 Å². The molecule has 1 aliphatic rings. The summed E-state index contributed by atoms with van der Waals surface area (Å²) in [7, 11) is 0. The van der Waals surface area contributed by atoms with E-state index in [1.165, 1.54) is 6.33 Å². The lowest BCUT2D eigenvalue weighted by Gasteiger charge is -2.15. The number of hydrogen-bond donors (Lipinski definition) is 1. The third-order valence-corrected chi connectivity index (χ3v) is 3.44. The van der Waals surface area contributed by atoms with E-state index in [0.29, 0.717) is 0 Å². The molecule has 0 atom stereocenters. The molecule has 0 amide bonds. The van der Waals surface area contributed by atoms with Gasteiger partial charge in [0.25, 0.3) is 0 Å². The SMILES string of the molecule is Nc1cc(C(F)(F)F)cc(-n2cnc3c2CCCC3)n1. The number of fused-ring (bicyclic) bond motifs is 1. The van der Waals surface area contributed by atoms with Crippen molar-refractivity contribution in [3.05, 3.63) is 35.4 Å².